The minimum Gasteiger partial charge on any atom is -0.287 e. The molecule has 5 aromatic carbocycles. The average Bonchev–Trinajstić information content (AvgIpc) is 3.26. The van der Waals surface area contributed by atoms with Crippen LogP contribution >= 0.6 is 0 Å². The maximum absolute atomic E-state index is 15.4. The fourth-order valence-electron chi connectivity index (χ4n) is 6.43. The number of Topliss-reactive ketones (excluding diaryl/α,β-unsaturated/α-hetero) is 1. The maximum atomic E-state index is 15.4. The van der Waals surface area contributed by atoms with Crippen molar-refractivity contribution < 1.29 is 102 Å². The summed E-state index contributed by atoms with van der Waals surface area (Å²) >= 11 is 0. The van der Waals surface area contributed by atoms with Gasteiger partial charge in [-0.2, -0.15) is 4.57 Å². The molecule has 6 rings (SSSR count). The zero-order valence-corrected chi connectivity index (χ0v) is 29.7. The fourth-order valence-corrected chi connectivity index (χ4v) is 6.43. The highest BCUT2D eigenvalue weighted by Gasteiger charge is 2.52. The Hall–Kier alpha value is -7.02. The third kappa shape index (κ3) is 7.55. The van der Waals surface area contributed by atoms with Gasteiger partial charge in [-0.05, 0) is 0 Å². The van der Waals surface area contributed by atoms with Crippen molar-refractivity contribution in [3.8, 4) is 0 Å². The molecule has 0 fully saturated rings. The SMILES string of the molecule is Fc1c(F)c(F)c([B-](c2c(F)c(F)c(F)c(F)c2F)(c2c(F)c(F)c(F)c(F)c2F)c2c(F)c(F)c(F)c(F)c2F)c(F)c1F.O=C(C[n+]1ccc([N+](=O)[O-])cc1)c1ccccc1. The average molecular weight is 922 g/mol. The van der Waals surface area contributed by atoms with Gasteiger partial charge in [-0.3, -0.25) is 14.9 Å². The lowest BCUT2D eigenvalue weighted by molar-refractivity contribution is -0.683. The Morgan fingerprint density at radius 3 is 0.889 bits per heavy atom. The second kappa shape index (κ2) is 17.4. The molecule has 1 aromatic heterocycles. The van der Waals surface area contributed by atoms with Gasteiger partial charge in [0.05, 0.1) is 17.1 Å². The standard InChI is InChI=1S/C24BF20.C13H11N2O3/c26-5-1(6(27)14(35)21(42)13(5)34)25(2-7(28)15(36)22(43)16(37)8(2)29,3-9(30)17(38)23(44)18(39)10(3)31)4-11(32)19(40)24(45)20(41)12(4)33;16-13(11-4-2-1-3-5-11)10-14-8-6-12(7-9-14)15(17)18/h;1-9H,10H2/q-1;+1. The van der Waals surface area contributed by atoms with Crippen LogP contribution in [-0.4, -0.2) is 16.9 Å². The Morgan fingerprint density at radius 1 is 0.413 bits per heavy atom. The van der Waals surface area contributed by atoms with Crippen LogP contribution in [0.2, 0.25) is 0 Å². The van der Waals surface area contributed by atoms with Crippen LogP contribution in [-0.2, 0) is 6.54 Å². The van der Waals surface area contributed by atoms with E-state index in [4.69, 9.17) is 0 Å². The summed E-state index contributed by atoms with van der Waals surface area (Å²) < 4.78 is 296. The van der Waals surface area contributed by atoms with E-state index in [1.807, 2.05) is 6.07 Å². The van der Waals surface area contributed by atoms with Crippen LogP contribution in [0.1, 0.15) is 10.4 Å². The quantitative estimate of drug-likeness (QED) is 0.0231. The van der Waals surface area contributed by atoms with Crippen molar-refractivity contribution in [3.05, 3.63) is 187 Å². The third-order valence-corrected chi connectivity index (χ3v) is 9.21. The van der Waals surface area contributed by atoms with E-state index in [2.05, 4.69) is 0 Å². The molecule has 6 aromatic rings. The summed E-state index contributed by atoms with van der Waals surface area (Å²) in [6.07, 6.45) is -4.16. The number of rotatable bonds is 8. The first-order valence-corrected chi connectivity index (χ1v) is 16.3. The van der Waals surface area contributed by atoms with E-state index < -0.39 is 149 Å². The van der Waals surface area contributed by atoms with Crippen LogP contribution in [0.3, 0.4) is 0 Å². The van der Waals surface area contributed by atoms with Crippen molar-refractivity contribution in [3.63, 3.8) is 0 Å². The molecule has 0 N–H and O–H groups in total. The Balaban J connectivity index is 0.000000345. The number of halogens is 20. The van der Waals surface area contributed by atoms with Gasteiger partial charge in [0, 0.05) is 5.56 Å². The summed E-state index contributed by atoms with van der Waals surface area (Å²) in [4.78, 5) is 21.9. The van der Waals surface area contributed by atoms with E-state index in [1.165, 1.54) is 24.5 Å². The normalized spacial score (nSPS) is 11.4. The predicted octanol–water partition coefficient (Wildman–Crippen LogP) is 7.61. The molecule has 0 aliphatic heterocycles. The van der Waals surface area contributed by atoms with Crippen LogP contribution in [0.25, 0.3) is 0 Å². The summed E-state index contributed by atoms with van der Waals surface area (Å²) in [6.45, 7) is 0.169. The monoisotopic (exact) mass is 922 g/mol. The van der Waals surface area contributed by atoms with Crippen LogP contribution in [0, 0.1) is 126 Å². The van der Waals surface area contributed by atoms with E-state index in [0.29, 0.717) is 5.56 Å². The lowest BCUT2D eigenvalue weighted by Gasteiger charge is -2.44. The molecule has 26 heteroatoms. The minimum absolute atomic E-state index is 0.0124. The molecule has 0 aliphatic rings. The number of carbonyl (C=O) groups excluding carboxylic acids is 1. The second-order valence-electron chi connectivity index (χ2n) is 12.6. The number of pyridine rings is 1. The predicted molar refractivity (Wildman–Crippen MR) is 173 cm³/mol. The van der Waals surface area contributed by atoms with E-state index in [0.717, 1.165) is 0 Å². The summed E-state index contributed by atoms with van der Waals surface area (Å²) in [5, 5.41) is 10.5. The molecule has 0 amide bonds. The minimum atomic E-state index is -7.22. The lowest BCUT2D eigenvalue weighted by atomic mass is 9.12. The molecule has 0 saturated heterocycles. The summed E-state index contributed by atoms with van der Waals surface area (Å²) in [7, 11) is 0. The number of nitro groups is 1. The van der Waals surface area contributed by atoms with E-state index >= 15 is 35.1 Å². The van der Waals surface area contributed by atoms with Crippen LogP contribution in [0.5, 0.6) is 0 Å². The van der Waals surface area contributed by atoms with Gasteiger partial charge in [-0.1, -0.05) is 30.3 Å². The van der Waals surface area contributed by atoms with Gasteiger partial charge in [0.25, 0.3) is 5.69 Å². The molecule has 0 bridgehead atoms. The summed E-state index contributed by atoms with van der Waals surface area (Å²) in [5.74, 6) is -71.4. The van der Waals surface area contributed by atoms with Gasteiger partial charge >= 0.3 is 0 Å². The second-order valence-corrected chi connectivity index (χ2v) is 12.6. The molecule has 0 unspecified atom stereocenters. The van der Waals surface area contributed by atoms with Crippen molar-refractivity contribution in [2.75, 3.05) is 0 Å². The molecular weight excluding hydrogens is 911 g/mol. The Kier molecular flexibility index (Phi) is 13.0. The highest BCUT2D eigenvalue weighted by Crippen LogP contribution is 2.30. The van der Waals surface area contributed by atoms with Gasteiger partial charge in [0.1, 0.15) is 52.7 Å². The maximum Gasteiger partial charge on any atom is 0.281 e. The van der Waals surface area contributed by atoms with Crippen molar-refractivity contribution >= 4 is 39.5 Å². The smallest absolute Gasteiger partial charge is 0.281 e. The first kappa shape index (κ1) is 47.0. The number of benzene rings is 5. The summed E-state index contributed by atoms with van der Waals surface area (Å²) in [6, 6.07) is 11.7. The van der Waals surface area contributed by atoms with Crippen molar-refractivity contribution in [2.45, 2.75) is 6.54 Å². The van der Waals surface area contributed by atoms with E-state index in [-0.39, 0.29) is 18.0 Å². The number of carbonyl (C=O) groups is 1. The Bertz CT molecular complexity index is 2480. The molecule has 1 heterocycles. The van der Waals surface area contributed by atoms with Gasteiger partial charge in [0.15, 0.2) is 82.2 Å². The molecule has 0 radical (unpaired) electrons. The zero-order chi connectivity index (χ0) is 47.3. The molecule has 0 spiro atoms. The topological polar surface area (TPSA) is 64.1 Å². The van der Waals surface area contributed by atoms with Crippen molar-refractivity contribution in [1.29, 1.82) is 0 Å². The van der Waals surface area contributed by atoms with Crippen LogP contribution in [0.15, 0.2) is 54.9 Å². The molecule has 330 valence electrons. The first-order chi connectivity index (χ1) is 29.4. The summed E-state index contributed by atoms with van der Waals surface area (Å²) in [5.41, 5.74) is -13.7. The Labute approximate surface area is 335 Å². The van der Waals surface area contributed by atoms with Crippen molar-refractivity contribution in [1.82, 2.24) is 0 Å². The number of nitrogens with zero attached hydrogens (tertiary/aromatic N) is 2. The zero-order valence-electron chi connectivity index (χ0n) is 29.7. The van der Waals surface area contributed by atoms with Crippen molar-refractivity contribution in [2.24, 2.45) is 0 Å². The number of hydrogen-bond acceptors (Lipinski definition) is 3. The largest absolute Gasteiger partial charge is 0.287 e. The molecule has 0 saturated carbocycles. The third-order valence-electron chi connectivity index (χ3n) is 9.21. The van der Waals surface area contributed by atoms with Gasteiger partial charge in [-0.25, -0.2) is 87.8 Å². The van der Waals surface area contributed by atoms with Gasteiger partial charge < -0.3 is 0 Å². The highest BCUT2D eigenvalue weighted by molar-refractivity contribution is 7.20. The van der Waals surface area contributed by atoms with E-state index in [1.54, 1.807) is 28.8 Å². The molecular formula is C37H11BF20N2O3. The molecule has 0 aliphatic carbocycles. The van der Waals surface area contributed by atoms with Gasteiger partial charge in [-0.15, -0.1) is 21.9 Å². The highest BCUT2D eigenvalue weighted by atomic mass is 19.2. The van der Waals surface area contributed by atoms with E-state index in [9.17, 15) is 67.6 Å². The number of hydrogen-bond donors (Lipinski definition) is 0. The van der Waals surface area contributed by atoms with Gasteiger partial charge in [0.2, 0.25) is 12.3 Å². The number of aromatic nitrogens is 1. The lowest BCUT2D eigenvalue weighted by Crippen LogP contribution is -2.81. The first-order valence-electron chi connectivity index (χ1n) is 16.3. The molecule has 0 atom stereocenters. The Morgan fingerprint density at radius 2 is 0.651 bits per heavy atom. The number of ketones is 1. The molecule has 63 heavy (non-hydrogen) atoms. The van der Waals surface area contributed by atoms with Crippen LogP contribution < -0.4 is 26.4 Å². The molecule has 5 nitrogen and oxygen atoms in total. The van der Waals surface area contributed by atoms with Crippen LogP contribution in [0.4, 0.5) is 93.5 Å². The fraction of sp³-hybridized carbons (Fsp3) is 0.0270.